The van der Waals surface area contributed by atoms with Gasteiger partial charge >= 0.3 is 6.09 Å². The Hall–Kier alpha value is -4.91. The summed E-state index contributed by atoms with van der Waals surface area (Å²) < 4.78 is 5.26. The van der Waals surface area contributed by atoms with Crippen LogP contribution in [0.3, 0.4) is 0 Å². The van der Waals surface area contributed by atoms with E-state index in [-0.39, 0.29) is 0 Å². The van der Waals surface area contributed by atoms with Crippen LogP contribution in [0.25, 0.3) is 10.8 Å². The molecule has 0 aliphatic carbocycles. The third-order valence-corrected chi connectivity index (χ3v) is 6.34. The van der Waals surface area contributed by atoms with Crippen LogP contribution in [-0.4, -0.2) is 46.9 Å². The predicted octanol–water partition coefficient (Wildman–Crippen LogP) is 4.26. The fourth-order valence-electron chi connectivity index (χ4n) is 4.31. The van der Waals surface area contributed by atoms with Crippen LogP contribution < -0.4 is 16.4 Å². The van der Waals surface area contributed by atoms with Gasteiger partial charge in [-0.3, -0.25) is 14.4 Å². The molecular weight excluding hydrogens is 522 g/mol. The Kier molecular flexibility index (Phi) is 9.68. The molecule has 0 fully saturated rings. The number of nitrogens with zero attached hydrogens (tertiary/aromatic N) is 2. The molecule has 0 spiro atoms. The summed E-state index contributed by atoms with van der Waals surface area (Å²) in [5.74, 6) is -2.28. The van der Waals surface area contributed by atoms with E-state index in [1.54, 1.807) is 45.0 Å². The van der Waals surface area contributed by atoms with E-state index in [2.05, 4.69) is 10.6 Å². The summed E-state index contributed by atoms with van der Waals surface area (Å²) in [6.07, 6.45) is -1.51. The van der Waals surface area contributed by atoms with Gasteiger partial charge in [-0.25, -0.2) is 4.79 Å². The maximum absolute atomic E-state index is 13.9. The molecule has 10 nitrogen and oxygen atoms in total. The van der Waals surface area contributed by atoms with Gasteiger partial charge in [0.15, 0.2) is 0 Å². The van der Waals surface area contributed by atoms with Crippen molar-refractivity contribution in [3.8, 4) is 6.07 Å². The minimum atomic E-state index is -1.47. The van der Waals surface area contributed by atoms with Crippen molar-refractivity contribution in [2.45, 2.75) is 58.7 Å². The number of nitrogens with two attached hydrogens (primary N) is 1. The number of aryl methyl sites for hydroxylation is 2. The van der Waals surface area contributed by atoms with E-state index in [1.807, 2.05) is 56.3 Å². The van der Waals surface area contributed by atoms with Gasteiger partial charge in [-0.15, -0.1) is 0 Å². The number of alkyl carbamates (subject to hydrolysis) is 1. The number of benzene rings is 3. The van der Waals surface area contributed by atoms with Crippen molar-refractivity contribution in [2.24, 2.45) is 5.73 Å². The third-order valence-electron chi connectivity index (χ3n) is 6.34. The van der Waals surface area contributed by atoms with Crippen LogP contribution in [-0.2, 0) is 19.1 Å². The molecule has 0 radical (unpaired) electrons. The number of carbonyl (C=O) groups excluding carboxylic acids is 4. The molecular formula is C31H35N5O5. The summed E-state index contributed by atoms with van der Waals surface area (Å²) >= 11 is 0. The summed E-state index contributed by atoms with van der Waals surface area (Å²) in [6, 6.07) is 17.5. The van der Waals surface area contributed by atoms with Crippen molar-refractivity contribution in [2.75, 3.05) is 11.9 Å². The normalized spacial score (nSPS) is 12.5. The Bertz CT molecular complexity index is 1500. The quantitative estimate of drug-likeness (QED) is 0.334. The largest absolute Gasteiger partial charge is 0.444 e. The van der Waals surface area contributed by atoms with Gasteiger partial charge in [0.2, 0.25) is 11.8 Å². The molecule has 3 aromatic rings. The van der Waals surface area contributed by atoms with Crippen LogP contribution in [0, 0.1) is 25.2 Å². The molecule has 0 aliphatic rings. The molecule has 3 rings (SSSR count). The topological polar surface area (TPSA) is 155 Å². The first-order chi connectivity index (χ1) is 19.3. The zero-order valence-electron chi connectivity index (χ0n) is 23.9. The zero-order chi connectivity index (χ0) is 30.3. The van der Waals surface area contributed by atoms with Gasteiger partial charge in [-0.05, 0) is 74.2 Å². The van der Waals surface area contributed by atoms with Gasteiger partial charge in [0, 0.05) is 5.69 Å². The Morgan fingerprint density at radius 2 is 1.66 bits per heavy atom. The van der Waals surface area contributed by atoms with Gasteiger partial charge in [-0.2, -0.15) is 5.26 Å². The van der Waals surface area contributed by atoms with Crippen LogP contribution in [0.1, 0.15) is 49.9 Å². The number of hydrogen-bond acceptors (Lipinski definition) is 6. The van der Waals surface area contributed by atoms with E-state index in [0.29, 0.717) is 11.3 Å². The second-order valence-corrected chi connectivity index (χ2v) is 10.8. The van der Waals surface area contributed by atoms with Crippen molar-refractivity contribution in [3.63, 3.8) is 0 Å². The van der Waals surface area contributed by atoms with Crippen LogP contribution in [0.2, 0.25) is 0 Å². The van der Waals surface area contributed by atoms with E-state index in [0.717, 1.165) is 26.8 Å². The lowest BCUT2D eigenvalue weighted by molar-refractivity contribution is -0.141. The van der Waals surface area contributed by atoms with Crippen LogP contribution in [0.4, 0.5) is 10.5 Å². The molecule has 0 bridgehead atoms. The number of hydrogen-bond donors (Lipinski definition) is 3. The Labute approximate surface area is 239 Å². The zero-order valence-corrected chi connectivity index (χ0v) is 23.9. The summed E-state index contributed by atoms with van der Waals surface area (Å²) in [7, 11) is 0. The first-order valence-corrected chi connectivity index (χ1v) is 13.1. The monoisotopic (exact) mass is 557 g/mol. The van der Waals surface area contributed by atoms with Gasteiger partial charge < -0.3 is 26.0 Å². The lowest BCUT2D eigenvalue weighted by Gasteiger charge is -2.33. The van der Waals surface area contributed by atoms with Gasteiger partial charge in [0.1, 0.15) is 24.2 Å². The summed E-state index contributed by atoms with van der Waals surface area (Å²) in [4.78, 5) is 53.2. The number of rotatable bonds is 9. The molecule has 0 saturated carbocycles. The van der Waals surface area contributed by atoms with E-state index in [4.69, 9.17) is 10.5 Å². The van der Waals surface area contributed by atoms with Crippen LogP contribution >= 0.6 is 0 Å². The highest BCUT2D eigenvalue weighted by molar-refractivity contribution is 6.01. The highest BCUT2D eigenvalue weighted by Crippen LogP contribution is 2.27. The van der Waals surface area contributed by atoms with Gasteiger partial charge in [-0.1, -0.05) is 48.5 Å². The SMILES string of the molecule is Cc1ccc(C(C(=O)Nc2ccc3ccccc3c2)N(CC#N)C(=O)C(CC(N)=O)NC(=O)OC(C)(C)C)cc1C. The lowest BCUT2D eigenvalue weighted by Crippen LogP contribution is -2.53. The maximum atomic E-state index is 13.9. The molecule has 4 N–H and O–H groups in total. The standard InChI is InChI=1S/C31H35N5O5/c1-19-10-11-23(16-20(19)2)27(28(38)34-24-13-12-21-8-6-7-9-22(21)17-24)36(15-14-32)29(39)25(18-26(33)37)35-30(40)41-31(3,4)5/h6-13,16-17,25,27H,15,18H2,1-5H3,(H2,33,37)(H,34,38)(H,35,40). The Morgan fingerprint density at radius 3 is 2.27 bits per heavy atom. The summed E-state index contributed by atoms with van der Waals surface area (Å²) in [5, 5.41) is 16.8. The van der Waals surface area contributed by atoms with Crippen molar-refractivity contribution in [1.29, 1.82) is 5.26 Å². The molecule has 0 heterocycles. The Morgan fingerprint density at radius 1 is 0.976 bits per heavy atom. The molecule has 0 saturated heterocycles. The summed E-state index contributed by atoms with van der Waals surface area (Å²) in [6.45, 7) is 8.21. The lowest BCUT2D eigenvalue weighted by atomic mass is 9.98. The van der Waals surface area contributed by atoms with Crippen molar-refractivity contribution in [3.05, 3.63) is 77.4 Å². The number of carbonyl (C=O) groups is 4. The van der Waals surface area contributed by atoms with Crippen LogP contribution in [0.15, 0.2) is 60.7 Å². The van der Waals surface area contributed by atoms with Crippen molar-refractivity contribution in [1.82, 2.24) is 10.2 Å². The number of nitrogens with one attached hydrogen (secondary N) is 2. The number of amides is 4. The third kappa shape index (κ3) is 8.29. The fraction of sp³-hybridized carbons (Fsp3) is 0.323. The summed E-state index contributed by atoms with van der Waals surface area (Å²) in [5.41, 5.74) is 7.30. The highest BCUT2D eigenvalue weighted by atomic mass is 16.6. The molecule has 4 amide bonds. The van der Waals surface area contributed by atoms with Crippen molar-refractivity contribution < 1.29 is 23.9 Å². The van der Waals surface area contributed by atoms with E-state index < -0.39 is 54.5 Å². The second-order valence-electron chi connectivity index (χ2n) is 10.8. The minimum Gasteiger partial charge on any atom is -0.444 e. The fourth-order valence-corrected chi connectivity index (χ4v) is 4.31. The molecule has 10 heteroatoms. The van der Waals surface area contributed by atoms with E-state index in [9.17, 15) is 24.4 Å². The number of anilines is 1. The first-order valence-electron chi connectivity index (χ1n) is 13.1. The van der Waals surface area contributed by atoms with Gasteiger partial charge in [0.05, 0.1) is 12.5 Å². The number of ether oxygens (including phenoxy) is 1. The molecule has 0 aromatic heterocycles. The predicted molar refractivity (Wildman–Crippen MR) is 156 cm³/mol. The highest BCUT2D eigenvalue weighted by Gasteiger charge is 2.37. The van der Waals surface area contributed by atoms with E-state index >= 15 is 0 Å². The second kappa shape index (κ2) is 13.0. The number of primary amides is 1. The molecule has 41 heavy (non-hydrogen) atoms. The molecule has 2 unspecified atom stereocenters. The average Bonchev–Trinajstić information content (AvgIpc) is 2.88. The average molecular weight is 558 g/mol. The van der Waals surface area contributed by atoms with E-state index in [1.165, 1.54) is 0 Å². The molecule has 2 atom stereocenters. The smallest absolute Gasteiger partial charge is 0.408 e. The van der Waals surface area contributed by atoms with Crippen molar-refractivity contribution >= 4 is 40.3 Å². The maximum Gasteiger partial charge on any atom is 0.408 e. The first kappa shape index (κ1) is 30.6. The molecule has 3 aromatic carbocycles. The van der Waals surface area contributed by atoms with Crippen LogP contribution in [0.5, 0.6) is 0 Å². The van der Waals surface area contributed by atoms with Gasteiger partial charge in [0.25, 0.3) is 5.91 Å². The Balaban J connectivity index is 2.04. The number of fused-ring (bicyclic) bond motifs is 1. The minimum absolute atomic E-state index is 0.449. The number of nitriles is 1. The molecule has 0 aliphatic heterocycles. The molecule has 214 valence electrons.